The Labute approximate surface area is 101 Å². The van der Waals surface area contributed by atoms with Crippen LogP contribution in [0.1, 0.15) is 15.9 Å². The van der Waals surface area contributed by atoms with E-state index in [9.17, 15) is 18.0 Å². The molecular formula is C9H5Br2F3O. The lowest BCUT2D eigenvalue weighted by Crippen LogP contribution is -2.08. The topological polar surface area (TPSA) is 17.1 Å². The van der Waals surface area contributed by atoms with Crippen molar-refractivity contribution in [2.75, 3.05) is 5.33 Å². The van der Waals surface area contributed by atoms with Gasteiger partial charge in [0.15, 0.2) is 5.78 Å². The molecular weight excluding hydrogens is 341 g/mol. The molecule has 1 rings (SSSR count). The Balaban J connectivity index is 3.15. The van der Waals surface area contributed by atoms with Crippen LogP contribution in [0.15, 0.2) is 22.7 Å². The second-order valence-electron chi connectivity index (χ2n) is 2.75. The van der Waals surface area contributed by atoms with E-state index in [0.717, 1.165) is 12.1 Å². The highest BCUT2D eigenvalue weighted by molar-refractivity contribution is 9.10. The van der Waals surface area contributed by atoms with Gasteiger partial charge < -0.3 is 0 Å². The van der Waals surface area contributed by atoms with Gasteiger partial charge in [-0.15, -0.1) is 0 Å². The van der Waals surface area contributed by atoms with E-state index in [1.54, 1.807) is 0 Å². The number of alkyl halides is 4. The fourth-order valence-electron chi connectivity index (χ4n) is 0.996. The van der Waals surface area contributed by atoms with Gasteiger partial charge in [0.25, 0.3) is 0 Å². The van der Waals surface area contributed by atoms with Crippen molar-refractivity contribution in [1.29, 1.82) is 0 Å². The zero-order valence-electron chi connectivity index (χ0n) is 7.24. The maximum atomic E-state index is 12.3. The average molecular weight is 346 g/mol. The summed E-state index contributed by atoms with van der Waals surface area (Å²) >= 11 is 5.74. The predicted molar refractivity (Wildman–Crippen MR) is 57.3 cm³/mol. The SMILES string of the molecule is O=C(CBr)c1ccc(C(F)(F)F)c(Br)c1. The molecule has 6 heteroatoms. The number of halogens is 5. The van der Waals surface area contributed by atoms with Gasteiger partial charge >= 0.3 is 6.18 Å². The maximum Gasteiger partial charge on any atom is 0.417 e. The Kier molecular flexibility index (Phi) is 3.94. The Morgan fingerprint density at radius 1 is 1.33 bits per heavy atom. The summed E-state index contributed by atoms with van der Waals surface area (Å²) in [6.45, 7) is 0. The molecule has 0 saturated heterocycles. The highest BCUT2D eigenvalue weighted by atomic mass is 79.9. The first-order chi connectivity index (χ1) is 6.86. The number of ketones is 1. The van der Waals surface area contributed by atoms with Crippen molar-refractivity contribution < 1.29 is 18.0 Å². The quantitative estimate of drug-likeness (QED) is 0.584. The van der Waals surface area contributed by atoms with E-state index >= 15 is 0 Å². The number of rotatable bonds is 2. The van der Waals surface area contributed by atoms with E-state index in [1.807, 2.05) is 0 Å². The molecule has 0 heterocycles. The minimum atomic E-state index is -4.41. The summed E-state index contributed by atoms with van der Waals surface area (Å²) in [6, 6.07) is 3.23. The molecule has 0 bridgehead atoms. The fourth-order valence-corrected chi connectivity index (χ4v) is 1.92. The molecule has 15 heavy (non-hydrogen) atoms. The van der Waals surface area contributed by atoms with E-state index in [4.69, 9.17) is 0 Å². The van der Waals surface area contributed by atoms with Gasteiger partial charge in [-0.2, -0.15) is 13.2 Å². The first-order valence-electron chi connectivity index (χ1n) is 3.82. The first-order valence-corrected chi connectivity index (χ1v) is 5.73. The van der Waals surface area contributed by atoms with E-state index in [1.165, 1.54) is 6.07 Å². The van der Waals surface area contributed by atoms with Crippen LogP contribution in [0.25, 0.3) is 0 Å². The van der Waals surface area contributed by atoms with E-state index < -0.39 is 11.7 Å². The molecule has 0 spiro atoms. The Bertz CT molecular complexity index is 387. The lowest BCUT2D eigenvalue weighted by molar-refractivity contribution is -0.138. The van der Waals surface area contributed by atoms with Crippen LogP contribution in [0.2, 0.25) is 0 Å². The number of benzene rings is 1. The third kappa shape index (κ3) is 3.04. The third-order valence-corrected chi connectivity index (χ3v) is 2.88. The standard InChI is InChI=1S/C9H5Br2F3O/c10-4-8(15)5-1-2-6(7(11)3-5)9(12,13)14/h1-3H,4H2. The van der Waals surface area contributed by atoms with Crippen LogP contribution in [0.3, 0.4) is 0 Å². The van der Waals surface area contributed by atoms with Crippen molar-refractivity contribution in [3.05, 3.63) is 33.8 Å². The van der Waals surface area contributed by atoms with E-state index in [-0.39, 0.29) is 21.1 Å². The third-order valence-electron chi connectivity index (χ3n) is 1.72. The van der Waals surface area contributed by atoms with Crippen molar-refractivity contribution in [3.8, 4) is 0 Å². The average Bonchev–Trinajstić information content (AvgIpc) is 2.14. The molecule has 1 aromatic rings. The summed E-state index contributed by atoms with van der Waals surface area (Å²) in [5, 5.41) is 0.0881. The highest BCUT2D eigenvalue weighted by Crippen LogP contribution is 2.35. The molecule has 0 amide bonds. The van der Waals surface area contributed by atoms with Gasteiger partial charge in [-0.1, -0.05) is 37.9 Å². The molecule has 0 unspecified atom stereocenters. The number of Topliss-reactive ketones (excluding diaryl/α,β-unsaturated/α-hetero) is 1. The van der Waals surface area contributed by atoms with Gasteiger partial charge in [0.05, 0.1) is 10.9 Å². The molecule has 0 radical (unpaired) electrons. The number of carbonyl (C=O) groups is 1. The molecule has 1 nitrogen and oxygen atoms in total. The van der Waals surface area contributed by atoms with Crippen molar-refractivity contribution in [2.24, 2.45) is 0 Å². The lowest BCUT2D eigenvalue weighted by Gasteiger charge is -2.09. The second-order valence-corrected chi connectivity index (χ2v) is 4.16. The van der Waals surface area contributed by atoms with E-state index in [0.29, 0.717) is 0 Å². The monoisotopic (exact) mass is 344 g/mol. The van der Waals surface area contributed by atoms with Crippen LogP contribution in [0.5, 0.6) is 0 Å². The Hall–Kier alpha value is -0.360. The summed E-state index contributed by atoms with van der Waals surface area (Å²) in [4.78, 5) is 11.2. The summed E-state index contributed by atoms with van der Waals surface area (Å²) in [7, 11) is 0. The number of carbonyl (C=O) groups excluding carboxylic acids is 1. The van der Waals surface area contributed by atoms with Gasteiger partial charge in [0.1, 0.15) is 0 Å². The van der Waals surface area contributed by atoms with Gasteiger partial charge in [0, 0.05) is 10.0 Å². The molecule has 0 aliphatic carbocycles. The molecule has 82 valence electrons. The molecule has 0 N–H and O–H groups in total. The van der Waals surface area contributed by atoms with Crippen LogP contribution in [-0.4, -0.2) is 11.1 Å². The van der Waals surface area contributed by atoms with Gasteiger partial charge in [-0.25, -0.2) is 0 Å². The van der Waals surface area contributed by atoms with Gasteiger partial charge in [0.2, 0.25) is 0 Å². The van der Waals surface area contributed by atoms with Crippen molar-refractivity contribution in [2.45, 2.75) is 6.18 Å². The van der Waals surface area contributed by atoms with Gasteiger partial charge in [-0.3, -0.25) is 4.79 Å². The van der Waals surface area contributed by atoms with Crippen molar-refractivity contribution in [1.82, 2.24) is 0 Å². The lowest BCUT2D eigenvalue weighted by atomic mass is 10.1. The smallest absolute Gasteiger partial charge is 0.293 e. The number of hydrogen-bond acceptors (Lipinski definition) is 1. The van der Waals surface area contributed by atoms with Crippen LogP contribution in [0.4, 0.5) is 13.2 Å². The molecule has 0 fully saturated rings. The Morgan fingerprint density at radius 2 is 1.93 bits per heavy atom. The Morgan fingerprint density at radius 3 is 2.33 bits per heavy atom. The van der Waals surface area contributed by atoms with E-state index in [2.05, 4.69) is 31.9 Å². The van der Waals surface area contributed by atoms with Crippen LogP contribution in [-0.2, 0) is 6.18 Å². The first kappa shape index (κ1) is 12.7. The van der Waals surface area contributed by atoms with Gasteiger partial charge in [-0.05, 0) is 12.1 Å². The van der Waals surface area contributed by atoms with Crippen molar-refractivity contribution in [3.63, 3.8) is 0 Å². The van der Waals surface area contributed by atoms with Crippen molar-refractivity contribution >= 4 is 37.6 Å². The summed E-state index contributed by atoms with van der Waals surface area (Å²) in [5.74, 6) is -0.260. The summed E-state index contributed by atoms with van der Waals surface area (Å²) in [5.41, 5.74) is -0.541. The highest BCUT2D eigenvalue weighted by Gasteiger charge is 2.32. The molecule has 1 aromatic carbocycles. The summed E-state index contributed by atoms with van der Waals surface area (Å²) in [6.07, 6.45) is -4.41. The normalized spacial score (nSPS) is 11.5. The van der Waals surface area contributed by atoms with Crippen LogP contribution in [0, 0.1) is 0 Å². The molecule has 0 aliphatic rings. The molecule has 0 atom stereocenters. The minimum Gasteiger partial charge on any atom is -0.293 e. The molecule has 0 aliphatic heterocycles. The van der Waals surface area contributed by atoms with Crippen LogP contribution >= 0.6 is 31.9 Å². The largest absolute Gasteiger partial charge is 0.417 e. The summed E-state index contributed by atoms with van der Waals surface area (Å²) < 4.78 is 36.9. The molecule has 0 saturated carbocycles. The zero-order valence-corrected chi connectivity index (χ0v) is 10.4. The molecule has 0 aromatic heterocycles. The second kappa shape index (κ2) is 4.65. The maximum absolute atomic E-state index is 12.3. The zero-order chi connectivity index (χ0) is 11.6. The fraction of sp³-hybridized carbons (Fsp3) is 0.222. The predicted octanol–water partition coefficient (Wildman–Crippen LogP) is 4.05. The minimum absolute atomic E-state index is 0.0881. The van der Waals surface area contributed by atoms with Crippen LogP contribution < -0.4 is 0 Å². The number of hydrogen-bond donors (Lipinski definition) is 0.